The molecular weight excluding hydrogens is 114 g/mol. The van der Waals surface area contributed by atoms with Gasteiger partial charge in [0.1, 0.15) is 5.78 Å². The molecule has 0 unspecified atom stereocenters. The molecule has 0 aromatic rings. The summed E-state index contributed by atoms with van der Waals surface area (Å²) in [6, 6.07) is 1.86. The van der Waals surface area contributed by atoms with E-state index < -0.39 is 0 Å². The number of hydrogen-bond donors (Lipinski definition) is 0. The molecule has 0 aromatic carbocycles. The zero-order valence-corrected chi connectivity index (χ0v) is 5.42. The lowest BCUT2D eigenvalue weighted by Crippen LogP contribution is -1.98. The third-order valence-corrected chi connectivity index (χ3v) is 1.78. The third-order valence-electron chi connectivity index (χ3n) is 1.78. The molecule has 0 bridgehead atoms. The topological polar surface area (TPSA) is 40.9 Å². The van der Waals surface area contributed by atoms with Gasteiger partial charge in [-0.25, -0.2) is 0 Å². The molecule has 1 fully saturated rings. The SMILES string of the molecule is C[C@H]1C[C@@H]1C(=O)CC#N. The highest BCUT2D eigenvalue weighted by atomic mass is 16.1. The van der Waals surface area contributed by atoms with Gasteiger partial charge in [0.25, 0.3) is 0 Å². The molecule has 1 rings (SSSR count). The quantitative estimate of drug-likeness (QED) is 0.552. The van der Waals surface area contributed by atoms with Gasteiger partial charge in [-0.3, -0.25) is 4.79 Å². The summed E-state index contributed by atoms with van der Waals surface area (Å²) in [6.07, 6.45) is 1.11. The molecule has 1 aliphatic carbocycles. The number of carbonyl (C=O) groups excluding carboxylic acids is 1. The number of carbonyl (C=O) groups is 1. The first-order chi connectivity index (χ1) is 4.25. The van der Waals surface area contributed by atoms with Crippen molar-refractivity contribution < 1.29 is 4.79 Å². The van der Waals surface area contributed by atoms with Crippen LogP contribution < -0.4 is 0 Å². The summed E-state index contributed by atoms with van der Waals surface area (Å²) >= 11 is 0. The van der Waals surface area contributed by atoms with Crippen LogP contribution in [0, 0.1) is 23.2 Å². The summed E-state index contributed by atoms with van der Waals surface area (Å²) in [7, 11) is 0. The normalized spacial score (nSPS) is 31.1. The van der Waals surface area contributed by atoms with Crippen LogP contribution in [0.25, 0.3) is 0 Å². The van der Waals surface area contributed by atoms with E-state index in [0.717, 1.165) is 6.42 Å². The Kier molecular flexibility index (Phi) is 1.52. The van der Waals surface area contributed by atoms with Crippen molar-refractivity contribution in [1.82, 2.24) is 0 Å². The van der Waals surface area contributed by atoms with E-state index in [2.05, 4.69) is 0 Å². The zero-order valence-electron chi connectivity index (χ0n) is 5.42. The van der Waals surface area contributed by atoms with Gasteiger partial charge < -0.3 is 0 Å². The van der Waals surface area contributed by atoms with Crippen molar-refractivity contribution in [2.75, 3.05) is 0 Å². The third kappa shape index (κ3) is 1.29. The Bertz CT molecular complexity index is 168. The fourth-order valence-electron chi connectivity index (χ4n) is 0.980. The molecule has 1 aliphatic rings. The highest BCUT2D eigenvalue weighted by Crippen LogP contribution is 2.38. The highest BCUT2D eigenvalue weighted by molar-refractivity contribution is 5.85. The molecular formula is C7H9NO. The predicted octanol–water partition coefficient (Wildman–Crippen LogP) is 1.13. The first kappa shape index (κ1) is 6.28. The second-order valence-electron chi connectivity index (χ2n) is 2.62. The molecule has 2 nitrogen and oxygen atoms in total. The van der Waals surface area contributed by atoms with Gasteiger partial charge in [-0.15, -0.1) is 0 Å². The van der Waals surface area contributed by atoms with Crippen LogP contribution >= 0.6 is 0 Å². The molecule has 0 aromatic heterocycles. The molecule has 0 heterocycles. The van der Waals surface area contributed by atoms with E-state index >= 15 is 0 Å². The van der Waals surface area contributed by atoms with Crippen LogP contribution in [0.2, 0.25) is 0 Å². The van der Waals surface area contributed by atoms with E-state index in [4.69, 9.17) is 5.26 Å². The Morgan fingerprint density at radius 3 is 2.78 bits per heavy atom. The summed E-state index contributed by atoms with van der Waals surface area (Å²) < 4.78 is 0. The minimum absolute atomic E-state index is 0.106. The second kappa shape index (κ2) is 2.18. The van der Waals surface area contributed by atoms with E-state index in [1.165, 1.54) is 0 Å². The van der Waals surface area contributed by atoms with E-state index in [1.807, 2.05) is 13.0 Å². The molecule has 0 aliphatic heterocycles. The molecule has 2 heteroatoms. The first-order valence-electron chi connectivity index (χ1n) is 3.15. The van der Waals surface area contributed by atoms with Crippen molar-refractivity contribution in [3.8, 4) is 6.07 Å². The van der Waals surface area contributed by atoms with Gasteiger partial charge in [0, 0.05) is 5.92 Å². The number of Topliss-reactive ketones (excluding diaryl/α,β-unsaturated/α-hetero) is 1. The fraction of sp³-hybridized carbons (Fsp3) is 0.714. The van der Waals surface area contributed by atoms with Gasteiger partial charge in [-0.05, 0) is 12.3 Å². The van der Waals surface area contributed by atoms with Crippen molar-refractivity contribution in [1.29, 1.82) is 5.26 Å². The molecule has 0 N–H and O–H groups in total. The van der Waals surface area contributed by atoms with Gasteiger partial charge in [-0.1, -0.05) is 6.92 Å². The number of hydrogen-bond acceptors (Lipinski definition) is 2. The van der Waals surface area contributed by atoms with Crippen LogP contribution in [0.1, 0.15) is 19.8 Å². The Morgan fingerprint density at radius 1 is 1.89 bits per heavy atom. The fourth-order valence-corrected chi connectivity index (χ4v) is 0.980. The molecule has 9 heavy (non-hydrogen) atoms. The minimum atomic E-state index is 0.106. The molecule has 0 spiro atoms. The maximum atomic E-state index is 10.8. The lowest BCUT2D eigenvalue weighted by Gasteiger charge is -1.86. The van der Waals surface area contributed by atoms with E-state index in [9.17, 15) is 4.79 Å². The summed E-state index contributed by atoms with van der Waals surface area (Å²) in [5.74, 6) is 0.903. The van der Waals surface area contributed by atoms with Crippen LogP contribution in [-0.4, -0.2) is 5.78 Å². The van der Waals surface area contributed by atoms with Crippen molar-refractivity contribution in [3.05, 3.63) is 0 Å². The smallest absolute Gasteiger partial charge is 0.150 e. The second-order valence-corrected chi connectivity index (χ2v) is 2.62. The highest BCUT2D eigenvalue weighted by Gasteiger charge is 2.38. The molecule has 2 atom stereocenters. The Labute approximate surface area is 54.5 Å². The lowest BCUT2D eigenvalue weighted by atomic mass is 10.2. The standard InChI is InChI=1S/C7H9NO/c1-5-4-6(5)7(9)2-3-8/h5-6H,2,4H2,1H3/t5-,6-/m0/s1. The number of nitrogens with zero attached hydrogens (tertiary/aromatic N) is 1. The van der Waals surface area contributed by atoms with Crippen LogP contribution in [0.3, 0.4) is 0 Å². The van der Waals surface area contributed by atoms with Crippen molar-refractivity contribution >= 4 is 5.78 Å². The maximum absolute atomic E-state index is 10.8. The molecule has 1 saturated carbocycles. The first-order valence-corrected chi connectivity index (χ1v) is 3.15. The Balaban J connectivity index is 2.30. The monoisotopic (exact) mass is 123 g/mol. The molecule has 0 amide bonds. The molecule has 48 valence electrons. The zero-order chi connectivity index (χ0) is 6.85. The van der Waals surface area contributed by atoms with E-state index in [1.54, 1.807) is 0 Å². The average molecular weight is 123 g/mol. The van der Waals surface area contributed by atoms with Crippen molar-refractivity contribution in [2.24, 2.45) is 11.8 Å². The number of rotatable bonds is 2. The number of ketones is 1. The number of nitriles is 1. The summed E-state index contributed by atoms with van der Waals surface area (Å²) in [5.41, 5.74) is 0. The van der Waals surface area contributed by atoms with E-state index in [-0.39, 0.29) is 18.1 Å². The minimum Gasteiger partial charge on any atom is -0.298 e. The molecule has 0 saturated heterocycles. The summed E-state index contributed by atoms with van der Waals surface area (Å²) in [6.45, 7) is 2.04. The van der Waals surface area contributed by atoms with Crippen LogP contribution in [-0.2, 0) is 4.79 Å². The van der Waals surface area contributed by atoms with Crippen LogP contribution in [0.4, 0.5) is 0 Å². The largest absolute Gasteiger partial charge is 0.298 e. The lowest BCUT2D eigenvalue weighted by molar-refractivity contribution is -0.119. The van der Waals surface area contributed by atoms with Gasteiger partial charge >= 0.3 is 0 Å². The maximum Gasteiger partial charge on any atom is 0.150 e. The summed E-state index contributed by atoms with van der Waals surface area (Å²) in [5, 5.41) is 8.13. The van der Waals surface area contributed by atoms with Crippen LogP contribution in [0.15, 0.2) is 0 Å². The summed E-state index contributed by atoms with van der Waals surface area (Å²) in [4.78, 5) is 10.8. The van der Waals surface area contributed by atoms with Crippen molar-refractivity contribution in [3.63, 3.8) is 0 Å². The Morgan fingerprint density at radius 2 is 2.44 bits per heavy atom. The van der Waals surface area contributed by atoms with E-state index in [0.29, 0.717) is 5.92 Å². The van der Waals surface area contributed by atoms with Gasteiger partial charge in [0.2, 0.25) is 0 Å². The van der Waals surface area contributed by atoms with Crippen LogP contribution in [0.5, 0.6) is 0 Å². The molecule has 0 radical (unpaired) electrons. The van der Waals surface area contributed by atoms with Gasteiger partial charge in [0.05, 0.1) is 12.5 Å². The van der Waals surface area contributed by atoms with Crippen molar-refractivity contribution in [2.45, 2.75) is 19.8 Å². The predicted molar refractivity (Wildman–Crippen MR) is 32.5 cm³/mol. The van der Waals surface area contributed by atoms with Gasteiger partial charge in [0.15, 0.2) is 0 Å². The van der Waals surface area contributed by atoms with Gasteiger partial charge in [-0.2, -0.15) is 5.26 Å². The Hall–Kier alpha value is -0.840. The average Bonchev–Trinajstić information content (AvgIpc) is 2.47.